The summed E-state index contributed by atoms with van der Waals surface area (Å²) in [5.41, 5.74) is 4.90. The molecule has 3 aromatic rings. The van der Waals surface area contributed by atoms with E-state index in [1.54, 1.807) is 42.5 Å². The third-order valence-electron chi connectivity index (χ3n) is 5.62. The number of para-hydroxylation sites is 1. The fourth-order valence-corrected chi connectivity index (χ4v) is 4.79. The van der Waals surface area contributed by atoms with Gasteiger partial charge >= 0.3 is 5.63 Å². The summed E-state index contributed by atoms with van der Waals surface area (Å²) in [5.74, 6) is -0.515. The first-order valence-corrected chi connectivity index (χ1v) is 10.0. The fraction of sp³-hybridized carbons (Fsp3) is 0.136. The monoisotopic (exact) mass is 463 g/mol. The van der Waals surface area contributed by atoms with Gasteiger partial charge in [-0.2, -0.15) is 5.26 Å². The van der Waals surface area contributed by atoms with Crippen LogP contribution in [0.4, 0.5) is 5.69 Å². The Kier molecular flexibility index (Phi) is 3.82. The molecule has 2 aromatic carbocycles. The van der Waals surface area contributed by atoms with Crippen molar-refractivity contribution in [3.05, 3.63) is 79.9 Å². The van der Waals surface area contributed by atoms with Crippen molar-refractivity contribution in [3.8, 4) is 11.8 Å². The number of hydrogen-bond donors (Lipinski definition) is 1. The number of nitrogens with two attached hydrogens (primary N) is 1. The van der Waals surface area contributed by atoms with E-state index in [9.17, 15) is 14.9 Å². The van der Waals surface area contributed by atoms with Gasteiger partial charge < -0.3 is 19.8 Å². The molecule has 148 valence electrons. The van der Waals surface area contributed by atoms with E-state index in [0.717, 1.165) is 0 Å². The lowest BCUT2D eigenvalue weighted by atomic mass is 9.69. The van der Waals surface area contributed by atoms with Crippen molar-refractivity contribution >= 4 is 38.5 Å². The van der Waals surface area contributed by atoms with Gasteiger partial charge in [0.25, 0.3) is 0 Å². The van der Waals surface area contributed by atoms with Gasteiger partial charge in [0.2, 0.25) is 11.8 Å². The van der Waals surface area contributed by atoms with Crippen LogP contribution in [0.25, 0.3) is 11.0 Å². The van der Waals surface area contributed by atoms with E-state index in [1.165, 1.54) is 4.90 Å². The number of halogens is 1. The molecule has 0 radical (unpaired) electrons. The van der Waals surface area contributed by atoms with Crippen LogP contribution >= 0.6 is 15.9 Å². The minimum atomic E-state index is -1.74. The first-order valence-electron chi connectivity index (χ1n) is 9.21. The van der Waals surface area contributed by atoms with Crippen molar-refractivity contribution in [1.29, 1.82) is 5.26 Å². The Morgan fingerprint density at radius 1 is 1.23 bits per heavy atom. The maximum atomic E-state index is 13.9. The highest BCUT2D eigenvalue weighted by Gasteiger charge is 2.61. The van der Waals surface area contributed by atoms with Crippen LogP contribution < -0.4 is 21.0 Å². The van der Waals surface area contributed by atoms with Crippen LogP contribution in [0, 0.1) is 11.3 Å². The van der Waals surface area contributed by atoms with Gasteiger partial charge in [-0.1, -0.05) is 28.1 Å². The van der Waals surface area contributed by atoms with Crippen molar-refractivity contribution in [2.24, 2.45) is 5.73 Å². The molecule has 1 aromatic heterocycles. The summed E-state index contributed by atoms with van der Waals surface area (Å²) in [6.07, 6.45) is 0. The number of likely N-dealkylation sites (N-methyl/N-ethyl adjacent to an activating group) is 1. The highest BCUT2D eigenvalue weighted by Crippen LogP contribution is 2.55. The lowest BCUT2D eigenvalue weighted by molar-refractivity contribution is -0.121. The van der Waals surface area contributed by atoms with E-state index < -0.39 is 16.9 Å². The molecular weight excluding hydrogens is 450 g/mol. The molecule has 30 heavy (non-hydrogen) atoms. The molecule has 2 aliphatic heterocycles. The summed E-state index contributed by atoms with van der Waals surface area (Å²) in [6, 6.07) is 14.2. The van der Waals surface area contributed by atoms with Gasteiger partial charge in [0.15, 0.2) is 11.2 Å². The predicted molar refractivity (Wildman–Crippen MR) is 113 cm³/mol. The molecule has 3 heterocycles. The number of rotatable bonds is 1. The number of carbonyl (C=O) groups excluding carboxylic acids is 1. The molecule has 1 spiro atoms. The van der Waals surface area contributed by atoms with E-state index >= 15 is 0 Å². The summed E-state index contributed by atoms with van der Waals surface area (Å²) in [4.78, 5) is 28.7. The Bertz CT molecular complexity index is 1400. The van der Waals surface area contributed by atoms with E-state index in [-0.39, 0.29) is 22.8 Å². The van der Waals surface area contributed by atoms with Gasteiger partial charge in [-0.15, -0.1) is 0 Å². The van der Waals surface area contributed by atoms with E-state index in [1.807, 2.05) is 13.0 Å². The number of amides is 1. The summed E-state index contributed by atoms with van der Waals surface area (Å²) < 4.78 is 12.0. The van der Waals surface area contributed by atoms with Gasteiger partial charge in [0.1, 0.15) is 22.8 Å². The molecule has 0 aliphatic carbocycles. The molecule has 2 aliphatic rings. The first kappa shape index (κ1) is 18.5. The van der Waals surface area contributed by atoms with Crippen LogP contribution in [0.1, 0.15) is 18.1 Å². The Hall–Kier alpha value is -3.57. The van der Waals surface area contributed by atoms with E-state index in [0.29, 0.717) is 33.2 Å². The third kappa shape index (κ3) is 2.07. The molecule has 2 N–H and O–H groups in total. The number of anilines is 1. The summed E-state index contributed by atoms with van der Waals surface area (Å²) in [7, 11) is 0. The van der Waals surface area contributed by atoms with Crippen molar-refractivity contribution in [1.82, 2.24) is 0 Å². The number of ether oxygens (including phenoxy) is 1. The molecule has 0 fully saturated rings. The van der Waals surface area contributed by atoms with Crippen LogP contribution in [0.3, 0.4) is 0 Å². The zero-order valence-electron chi connectivity index (χ0n) is 15.7. The van der Waals surface area contributed by atoms with Crippen LogP contribution in [0.2, 0.25) is 0 Å². The number of benzene rings is 2. The molecule has 7 nitrogen and oxygen atoms in total. The van der Waals surface area contributed by atoms with Gasteiger partial charge in [-0.25, -0.2) is 4.79 Å². The molecule has 8 heteroatoms. The van der Waals surface area contributed by atoms with Gasteiger partial charge in [-0.05, 0) is 37.3 Å². The predicted octanol–water partition coefficient (Wildman–Crippen LogP) is 3.29. The second kappa shape index (κ2) is 6.21. The number of hydrogen-bond acceptors (Lipinski definition) is 6. The summed E-state index contributed by atoms with van der Waals surface area (Å²) in [5, 5.41) is 10.5. The largest absolute Gasteiger partial charge is 0.439 e. The highest BCUT2D eigenvalue weighted by molar-refractivity contribution is 9.10. The van der Waals surface area contributed by atoms with Crippen LogP contribution in [-0.4, -0.2) is 12.5 Å². The zero-order chi connectivity index (χ0) is 21.2. The minimum Gasteiger partial charge on any atom is -0.439 e. The van der Waals surface area contributed by atoms with Crippen LogP contribution in [0.5, 0.6) is 5.75 Å². The average Bonchev–Trinajstić information content (AvgIpc) is 2.96. The highest BCUT2D eigenvalue weighted by atomic mass is 79.9. The smallest absolute Gasteiger partial charge is 0.345 e. The first-order chi connectivity index (χ1) is 14.4. The fourth-order valence-electron chi connectivity index (χ4n) is 4.43. The SMILES string of the molecule is CCN1C(=O)C2(C(C#N)=C(N)Oc3c2c(=O)oc2ccccc32)c2cc(Br)ccc21. The Balaban J connectivity index is 2.03. The number of carbonyl (C=O) groups is 1. The van der Waals surface area contributed by atoms with E-state index in [2.05, 4.69) is 15.9 Å². The molecule has 0 saturated heterocycles. The third-order valence-corrected chi connectivity index (χ3v) is 6.11. The van der Waals surface area contributed by atoms with Crippen molar-refractivity contribution in [2.75, 3.05) is 11.4 Å². The Labute approximate surface area is 179 Å². The summed E-state index contributed by atoms with van der Waals surface area (Å²) >= 11 is 3.44. The second-order valence-corrected chi connectivity index (χ2v) is 7.92. The standard InChI is InChI=1S/C22H14BrN3O4/c1-2-26-15-8-7-11(23)9-13(15)22(21(26)28)14(10-24)19(25)30-18-12-5-3-4-6-16(12)29-20(27)17(18)22/h3-9H,2,25H2,1H3. The second-order valence-electron chi connectivity index (χ2n) is 7.00. The molecule has 1 atom stereocenters. The van der Waals surface area contributed by atoms with Gasteiger partial charge in [0.05, 0.1) is 5.39 Å². The van der Waals surface area contributed by atoms with Crippen molar-refractivity contribution < 1.29 is 13.9 Å². The maximum absolute atomic E-state index is 13.9. The van der Waals surface area contributed by atoms with Crippen molar-refractivity contribution in [3.63, 3.8) is 0 Å². The minimum absolute atomic E-state index is 0.0350. The molecule has 5 rings (SSSR count). The number of nitrogens with zero attached hydrogens (tertiary/aromatic N) is 2. The molecule has 1 amide bonds. The Morgan fingerprint density at radius 2 is 2.00 bits per heavy atom. The molecule has 0 bridgehead atoms. The normalized spacial score (nSPS) is 19.6. The lowest BCUT2D eigenvalue weighted by Gasteiger charge is -2.33. The zero-order valence-corrected chi connectivity index (χ0v) is 17.3. The van der Waals surface area contributed by atoms with Crippen LogP contribution in [0.15, 0.2) is 67.6 Å². The summed E-state index contributed by atoms with van der Waals surface area (Å²) in [6.45, 7) is 2.17. The molecular formula is C22H14BrN3O4. The molecule has 1 unspecified atom stereocenters. The Morgan fingerprint density at radius 3 is 2.73 bits per heavy atom. The lowest BCUT2D eigenvalue weighted by Crippen LogP contribution is -2.48. The molecule has 0 saturated carbocycles. The topological polar surface area (TPSA) is 110 Å². The quantitative estimate of drug-likeness (QED) is 0.554. The number of fused-ring (bicyclic) bond motifs is 6. The van der Waals surface area contributed by atoms with E-state index in [4.69, 9.17) is 14.9 Å². The van der Waals surface area contributed by atoms with Gasteiger partial charge in [0, 0.05) is 22.3 Å². The number of nitriles is 1. The van der Waals surface area contributed by atoms with Gasteiger partial charge in [-0.3, -0.25) is 4.79 Å². The van der Waals surface area contributed by atoms with Crippen LogP contribution in [-0.2, 0) is 10.2 Å². The average molecular weight is 464 g/mol. The van der Waals surface area contributed by atoms with Crippen molar-refractivity contribution in [2.45, 2.75) is 12.3 Å². The maximum Gasteiger partial charge on any atom is 0.345 e.